The molecule has 0 saturated carbocycles. The maximum Gasteiger partial charge on any atom is 1.00 e. The minimum atomic E-state index is -0.139. The fourth-order valence-electron chi connectivity index (χ4n) is 0. The molecular formula is C2H5KOS. The van der Waals surface area contributed by atoms with Crippen molar-refractivity contribution in [3.05, 3.63) is 0 Å². The molecule has 0 unspecified atom stereocenters. The number of hydrogen-bond acceptors (Lipinski definition) is 1. The number of carbonyl (C=O) groups is 1. The Morgan fingerprint density at radius 3 is 2.00 bits per heavy atom. The Labute approximate surface area is 80.8 Å². The van der Waals surface area contributed by atoms with Crippen LogP contribution in [0.2, 0.25) is 0 Å². The summed E-state index contributed by atoms with van der Waals surface area (Å²) in [6.07, 6.45) is 0. The predicted octanol–water partition coefficient (Wildman–Crippen LogP) is -2.42. The van der Waals surface area contributed by atoms with Gasteiger partial charge in [0.15, 0.2) is 5.12 Å². The molecule has 0 aromatic carbocycles. The van der Waals surface area contributed by atoms with Crippen LogP contribution in [-0.2, 0) is 4.79 Å². The molecule has 0 aliphatic rings. The standard InChI is InChI=1S/C2H4OS.K.H/c1-2(3)4;;/h1H3,(H,3,4);;/q;+1;-1. The summed E-state index contributed by atoms with van der Waals surface area (Å²) >= 11 is 3.33. The second-order valence-corrected chi connectivity index (χ2v) is 1.15. The van der Waals surface area contributed by atoms with Gasteiger partial charge in [-0.15, -0.1) is 12.6 Å². The van der Waals surface area contributed by atoms with E-state index in [1.54, 1.807) is 0 Å². The number of hydrogen-bond donors (Lipinski definition) is 1. The first kappa shape index (κ1) is 9.82. The van der Waals surface area contributed by atoms with Crippen molar-refractivity contribution < 1.29 is 57.6 Å². The fraction of sp³-hybridized carbons (Fsp3) is 0.500. The smallest absolute Gasteiger partial charge is 1.00 e. The van der Waals surface area contributed by atoms with Gasteiger partial charge in [0, 0.05) is 6.92 Å². The Morgan fingerprint density at radius 1 is 2.00 bits per heavy atom. The Bertz CT molecular complexity index is 36.5. The average molecular weight is 116 g/mol. The molecule has 0 saturated heterocycles. The molecule has 0 radical (unpaired) electrons. The van der Waals surface area contributed by atoms with Gasteiger partial charge in [0.05, 0.1) is 0 Å². The van der Waals surface area contributed by atoms with E-state index in [0.717, 1.165) is 0 Å². The molecule has 0 amide bonds. The monoisotopic (exact) mass is 116 g/mol. The van der Waals surface area contributed by atoms with Crippen molar-refractivity contribution in [2.24, 2.45) is 0 Å². The van der Waals surface area contributed by atoms with Crippen LogP contribution in [0.3, 0.4) is 0 Å². The summed E-state index contributed by atoms with van der Waals surface area (Å²) in [4.78, 5) is 9.31. The molecule has 0 rings (SSSR count). The maximum absolute atomic E-state index is 9.31. The minimum absolute atomic E-state index is 0. The second kappa shape index (κ2) is 5.66. The van der Waals surface area contributed by atoms with E-state index >= 15 is 0 Å². The van der Waals surface area contributed by atoms with Gasteiger partial charge < -0.3 is 1.43 Å². The van der Waals surface area contributed by atoms with Crippen LogP contribution in [0.1, 0.15) is 8.35 Å². The van der Waals surface area contributed by atoms with Crippen molar-refractivity contribution in [2.75, 3.05) is 0 Å². The van der Waals surface area contributed by atoms with Gasteiger partial charge in [0.1, 0.15) is 0 Å². The van der Waals surface area contributed by atoms with Crippen molar-refractivity contribution in [2.45, 2.75) is 6.92 Å². The van der Waals surface area contributed by atoms with Crippen LogP contribution in [0.5, 0.6) is 0 Å². The second-order valence-electron chi connectivity index (χ2n) is 0.519. The number of thiol groups is 1. The molecule has 0 spiro atoms. The molecule has 3 heteroatoms. The van der Waals surface area contributed by atoms with Gasteiger partial charge in [0.2, 0.25) is 0 Å². The van der Waals surface area contributed by atoms with Crippen LogP contribution in [0, 0.1) is 0 Å². The first-order chi connectivity index (χ1) is 1.73. The normalized spacial score (nSPS) is 5.20. The Kier molecular flexibility index (Phi) is 11.1. The molecule has 0 heterocycles. The maximum atomic E-state index is 9.31. The molecule has 0 atom stereocenters. The fourth-order valence-corrected chi connectivity index (χ4v) is 0. The molecule has 0 aliphatic carbocycles. The summed E-state index contributed by atoms with van der Waals surface area (Å²) in [5, 5.41) is -0.139. The summed E-state index contributed by atoms with van der Waals surface area (Å²) in [6, 6.07) is 0. The van der Waals surface area contributed by atoms with Gasteiger partial charge in [-0.25, -0.2) is 0 Å². The topological polar surface area (TPSA) is 17.1 Å². The number of rotatable bonds is 0. The Hall–Kier alpha value is 1.66. The van der Waals surface area contributed by atoms with Gasteiger partial charge in [-0.1, -0.05) is 0 Å². The van der Waals surface area contributed by atoms with E-state index < -0.39 is 0 Å². The molecule has 26 valence electrons. The van der Waals surface area contributed by atoms with E-state index in [1.165, 1.54) is 6.92 Å². The third kappa shape index (κ3) is 27.6. The van der Waals surface area contributed by atoms with Gasteiger partial charge in [-0.05, 0) is 0 Å². The van der Waals surface area contributed by atoms with E-state index in [-0.39, 0.29) is 57.9 Å². The van der Waals surface area contributed by atoms with E-state index in [0.29, 0.717) is 0 Å². The molecular weight excluding hydrogens is 111 g/mol. The SMILES string of the molecule is CC(=O)S.[H-].[K+]. The molecule has 0 aromatic rings. The van der Waals surface area contributed by atoms with Crippen LogP contribution >= 0.6 is 12.6 Å². The molecule has 0 N–H and O–H groups in total. The largest absolute Gasteiger partial charge is 1.00 e. The van der Waals surface area contributed by atoms with E-state index in [4.69, 9.17) is 0 Å². The molecule has 1 nitrogen and oxygen atoms in total. The zero-order valence-electron chi connectivity index (χ0n) is 4.36. The quantitative estimate of drug-likeness (QED) is 0.275. The summed E-state index contributed by atoms with van der Waals surface area (Å²) in [7, 11) is 0. The van der Waals surface area contributed by atoms with Crippen LogP contribution in [0.25, 0.3) is 0 Å². The van der Waals surface area contributed by atoms with E-state index in [2.05, 4.69) is 12.6 Å². The van der Waals surface area contributed by atoms with E-state index in [9.17, 15) is 4.79 Å². The van der Waals surface area contributed by atoms with Crippen LogP contribution < -0.4 is 51.4 Å². The van der Waals surface area contributed by atoms with Crippen LogP contribution in [-0.4, -0.2) is 5.12 Å². The summed E-state index contributed by atoms with van der Waals surface area (Å²) in [5.74, 6) is 0. The zero-order valence-corrected chi connectivity index (χ0v) is 7.37. The summed E-state index contributed by atoms with van der Waals surface area (Å²) in [5.41, 5.74) is 0. The van der Waals surface area contributed by atoms with Crippen LogP contribution in [0.15, 0.2) is 0 Å². The third-order valence-electron chi connectivity index (χ3n) is 0. The summed E-state index contributed by atoms with van der Waals surface area (Å²) in [6.45, 7) is 1.39. The molecule has 0 fully saturated rings. The van der Waals surface area contributed by atoms with Crippen molar-refractivity contribution in [1.82, 2.24) is 0 Å². The van der Waals surface area contributed by atoms with Gasteiger partial charge in [0.25, 0.3) is 0 Å². The number of carbonyl (C=O) groups excluding carboxylic acids is 1. The molecule has 0 bridgehead atoms. The first-order valence-electron chi connectivity index (χ1n) is 0.928. The molecule has 5 heavy (non-hydrogen) atoms. The van der Waals surface area contributed by atoms with E-state index in [1.807, 2.05) is 0 Å². The molecule has 0 aromatic heterocycles. The van der Waals surface area contributed by atoms with Crippen molar-refractivity contribution in [3.63, 3.8) is 0 Å². The van der Waals surface area contributed by atoms with Gasteiger partial charge in [-0.2, -0.15) is 0 Å². The molecule has 0 aliphatic heterocycles. The predicted molar refractivity (Wildman–Crippen MR) is 20.8 cm³/mol. The van der Waals surface area contributed by atoms with Gasteiger partial charge >= 0.3 is 51.4 Å². The van der Waals surface area contributed by atoms with Gasteiger partial charge in [-0.3, -0.25) is 4.79 Å². The Balaban J connectivity index is -0.0000000450. The van der Waals surface area contributed by atoms with Crippen molar-refractivity contribution in [1.29, 1.82) is 0 Å². The van der Waals surface area contributed by atoms with Crippen molar-refractivity contribution in [3.8, 4) is 0 Å². The third-order valence-corrected chi connectivity index (χ3v) is 0. The Morgan fingerprint density at radius 2 is 2.00 bits per heavy atom. The van der Waals surface area contributed by atoms with Crippen molar-refractivity contribution >= 4 is 17.7 Å². The average Bonchev–Trinajstić information content (AvgIpc) is 0.811. The summed E-state index contributed by atoms with van der Waals surface area (Å²) < 4.78 is 0. The zero-order chi connectivity index (χ0) is 3.58. The minimum Gasteiger partial charge on any atom is -1.00 e. The van der Waals surface area contributed by atoms with Crippen LogP contribution in [0.4, 0.5) is 0 Å². The first-order valence-corrected chi connectivity index (χ1v) is 1.37.